The highest BCUT2D eigenvalue weighted by Crippen LogP contribution is 2.29. The van der Waals surface area contributed by atoms with Gasteiger partial charge >= 0.3 is 5.97 Å². The lowest BCUT2D eigenvalue weighted by molar-refractivity contribution is -0.140. The maximum atomic E-state index is 11.2. The van der Waals surface area contributed by atoms with E-state index in [4.69, 9.17) is 4.74 Å². The first-order valence-electron chi connectivity index (χ1n) is 6.41. The summed E-state index contributed by atoms with van der Waals surface area (Å²) in [6.45, 7) is 3.37. The van der Waals surface area contributed by atoms with Gasteiger partial charge in [-0.1, -0.05) is 12.1 Å². The second kappa shape index (κ2) is 5.87. The molecule has 0 aliphatic carbocycles. The average molecular weight is 249 g/mol. The fourth-order valence-electron chi connectivity index (χ4n) is 2.48. The van der Waals surface area contributed by atoms with E-state index in [0.29, 0.717) is 6.61 Å². The topological polar surface area (TPSA) is 58.6 Å². The highest BCUT2D eigenvalue weighted by molar-refractivity contribution is 5.75. The first-order valence-corrected chi connectivity index (χ1v) is 6.41. The Kier molecular flexibility index (Phi) is 4.20. The van der Waals surface area contributed by atoms with Gasteiger partial charge in [-0.3, -0.25) is 4.79 Å². The minimum Gasteiger partial charge on any atom is -0.494 e. The zero-order chi connectivity index (χ0) is 13.0. The van der Waals surface area contributed by atoms with Gasteiger partial charge in [-0.25, -0.2) is 0 Å². The van der Waals surface area contributed by atoms with Gasteiger partial charge in [0, 0.05) is 5.92 Å². The smallest absolute Gasteiger partial charge is 0.321 e. The number of nitrogens with one attached hydrogen (secondary N) is 1. The lowest BCUT2D eigenvalue weighted by Gasteiger charge is -2.30. The van der Waals surface area contributed by atoms with E-state index in [1.54, 1.807) is 0 Å². The minimum absolute atomic E-state index is 0.0481. The van der Waals surface area contributed by atoms with E-state index in [9.17, 15) is 9.90 Å². The number of ether oxygens (including phenoxy) is 1. The Hall–Kier alpha value is -1.55. The number of benzene rings is 1. The quantitative estimate of drug-likeness (QED) is 0.857. The van der Waals surface area contributed by atoms with Crippen molar-refractivity contribution in [3.05, 3.63) is 29.8 Å². The molecule has 98 valence electrons. The Labute approximate surface area is 107 Å². The van der Waals surface area contributed by atoms with Crippen LogP contribution in [0.4, 0.5) is 0 Å². The third-order valence-electron chi connectivity index (χ3n) is 3.34. The Morgan fingerprint density at radius 2 is 2.17 bits per heavy atom. The third kappa shape index (κ3) is 2.82. The Bertz CT molecular complexity index is 402. The lowest BCUT2D eigenvalue weighted by atomic mass is 9.85. The summed E-state index contributed by atoms with van der Waals surface area (Å²) in [5.74, 6) is 0.109. The normalized spacial score (nSPS) is 23.6. The van der Waals surface area contributed by atoms with Crippen molar-refractivity contribution < 1.29 is 14.6 Å². The molecule has 2 rings (SSSR count). The van der Waals surface area contributed by atoms with Crippen LogP contribution in [0.15, 0.2) is 24.3 Å². The predicted molar refractivity (Wildman–Crippen MR) is 69.0 cm³/mol. The number of aliphatic carboxylic acids is 1. The monoisotopic (exact) mass is 249 g/mol. The van der Waals surface area contributed by atoms with E-state index in [1.165, 1.54) is 0 Å². The summed E-state index contributed by atoms with van der Waals surface area (Å²) in [5.41, 5.74) is 1.07. The highest BCUT2D eigenvalue weighted by atomic mass is 16.5. The van der Waals surface area contributed by atoms with Crippen LogP contribution in [0.3, 0.4) is 0 Å². The minimum atomic E-state index is -0.770. The van der Waals surface area contributed by atoms with Gasteiger partial charge < -0.3 is 15.2 Å². The molecular weight excluding hydrogens is 230 g/mol. The number of piperidine rings is 1. The number of carboxylic acids is 1. The van der Waals surface area contributed by atoms with E-state index in [0.717, 1.165) is 30.7 Å². The molecule has 1 fully saturated rings. The highest BCUT2D eigenvalue weighted by Gasteiger charge is 2.31. The Morgan fingerprint density at radius 1 is 1.44 bits per heavy atom. The summed E-state index contributed by atoms with van der Waals surface area (Å²) >= 11 is 0. The van der Waals surface area contributed by atoms with Crippen molar-refractivity contribution in [3.8, 4) is 5.75 Å². The zero-order valence-corrected chi connectivity index (χ0v) is 10.6. The van der Waals surface area contributed by atoms with Gasteiger partial charge in [-0.15, -0.1) is 0 Å². The van der Waals surface area contributed by atoms with Crippen molar-refractivity contribution in [3.63, 3.8) is 0 Å². The summed E-state index contributed by atoms with van der Waals surface area (Å²) < 4.78 is 5.39. The van der Waals surface area contributed by atoms with E-state index in [-0.39, 0.29) is 5.92 Å². The molecule has 0 aromatic heterocycles. The molecule has 0 bridgehead atoms. The summed E-state index contributed by atoms with van der Waals surface area (Å²) in [6.07, 6.45) is 1.93. The van der Waals surface area contributed by atoms with E-state index in [1.807, 2.05) is 31.2 Å². The molecule has 2 unspecified atom stereocenters. The molecule has 4 heteroatoms. The van der Waals surface area contributed by atoms with Crippen molar-refractivity contribution >= 4 is 5.97 Å². The third-order valence-corrected chi connectivity index (χ3v) is 3.34. The molecular formula is C14H19NO3. The van der Waals surface area contributed by atoms with Gasteiger partial charge in [0.2, 0.25) is 0 Å². The van der Waals surface area contributed by atoms with Crippen molar-refractivity contribution in [1.82, 2.24) is 5.32 Å². The van der Waals surface area contributed by atoms with Gasteiger partial charge in [-0.05, 0) is 44.0 Å². The fourth-order valence-corrected chi connectivity index (χ4v) is 2.48. The van der Waals surface area contributed by atoms with Gasteiger partial charge in [-0.2, -0.15) is 0 Å². The van der Waals surface area contributed by atoms with Crippen LogP contribution in [0.1, 0.15) is 31.2 Å². The molecule has 1 saturated heterocycles. The van der Waals surface area contributed by atoms with Crippen LogP contribution in [0, 0.1) is 0 Å². The van der Waals surface area contributed by atoms with Gasteiger partial charge in [0.15, 0.2) is 0 Å². The summed E-state index contributed by atoms with van der Waals surface area (Å²) in [5, 5.41) is 12.3. The van der Waals surface area contributed by atoms with Crippen molar-refractivity contribution in [2.45, 2.75) is 31.7 Å². The van der Waals surface area contributed by atoms with Crippen LogP contribution in [0.25, 0.3) is 0 Å². The van der Waals surface area contributed by atoms with Crippen molar-refractivity contribution in [1.29, 1.82) is 0 Å². The first-order chi connectivity index (χ1) is 8.72. The number of hydrogen-bond acceptors (Lipinski definition) is 3. The van der Waals surface area contributed by atoms with Crippen LogP contribution >= 0.6 is 0 Å². The van der Waals surface area contributed by atoms with Gasteiger partial charge in [0.05, 0.1) is 6.61 Å². The zero-order valence-electron chi connectivity index (χ0n) is 10.6. The summed E-state index contributed by atoms with van der Waals surface area (Å²) in [7, 11) is 0. The van der Waals surface area contributed by atoms with Crippen LogP contribution in [0.2, 0.25) is 0 Å². The molecule has 1 aromatic rings. The molecule has 2 N–H and O–H groups in total. The number of carboxylic acid groups (broad SMARTS) is 1. The Morgan fingerprint density at radius 3 is 2.78 bits per heavy atom. The molecule has 1 heterocycles. The fraction of sp³-hybridized carbons (Fsp3) is 0.500. The number of hydrogen-bond donors (Lipinski definition) is 2. The number of carbonyl (C=O) groups is 1. The van der Waals surface area contributed by atoms with Gasteiger partial charge in [0.25, 0.3) is 0 Å². The maximum absolute atomic E-state index is 11.2. The molecule has 18 heavy (non-hydrogen) atoms. The van der Waals surface area contributed by atoms with Crippen LogP contribution in [-0.4, -0.2) is 30.3 Å². The summed E-state index contributed by atoms with van der Waals surface area (Å²) in [4.78, 5) is 11.2. The standard InChI is InChI=1S/C14H19NO3/c1-2-18-11-7-5-10(6-8-11)12-4-3-9-15-13(12)14(16)17/h5-8,12-13,15H,2-4,9H2,1H3,(H,16,17). The maximum Gasteiger partial charge on any atom is 0.321 e. The molecule has 1 aliphatic rings. The second-order valence-corrected chi connectivity index (χ2v) is 4.52. The molecule has 0 radical (unpaired) electrons. The molecule has 0 saturated carbocycles. The molecule has 0 spiro atoms. The predicted octanol–water partition coefficient (Wildman–Crippen LogP) is 2.01. The number of rotatable bonds is 4. The second-order valence-electron chi connectivity index (χ2n) is 4.52. The van der Waals surface area contributed by atoms with Crippen LogP contribution < -0.4 is 10.1 Å². The van der Waals surface area contributed by atoms with Gasteiger partial charge in [0.1, 0.15) is 11.8 Å². The van der Waals surface area contributed by atoms with E-state index in [2.05, 4.69) is 5.32 Å². The molecule has 1 aromatic carbocycles. The molecule has 0 amide bonds. The average Bonchev–Trinajstić information content (AvgIpc) is 2.40. The summed E-state index contributed by atoms with van der Waals surface area (Å²) in [6, 6.07) is 7.28. The van der Waals surface area contributed by atoms with E-state index >= 15 is 0 Å². The van der Waals surface area contributed by atoms with Crippen molar-refractivity contribution in [2.75, 3.05) is 13.2 Å². The Balaban J connectivity index is 2.15. The van der Waals surface area contributed by atoms with Crippen molar-refractivity contribution in [2.24, 2.45) is 0 Å². The first kappa shape index (κ1) is 12.9. The molecule has 4 nitrogen and oxygen atoms in total. The molecule has 2 atom stereocenters. The SMILES string of the molecule is CCOc1ccc(C2CCCNC2C(=O)O)cc1. The lowest BCUT2D eigenvalue weighted by Crippen LogP contribution is -2.45. The van der Waals surface area contributed by atoms with Crippen LogP contribution in [0.5, 0.6) is 5.75 Å². The molecule has 1 aliphatic heterocycles. The largest absolute Gasteiger partial charge is 0.494 e. The van der Waals surface area contributed by atoms with E-state index < -0.39 is 12.0 Å². The van der Waals surface area contributed by atoms with Crippen LogP contribution in [-0.2, 0) is 4.79 Å².